The van der Waals surface area contributed by atoms with Crippen molar-refractivity contribution in [1.82, 2.24) is 14.7 Å². The van der Waals surface area contributed by atoms with Crippen molar-refractivity contribution in [2.24, 2.45) is 5.92 Å². The van der Waals surface area contributed by atoms with Gasteiger partial charge in [-0.15, -0.1) is 0 Å². The molecule has 7 heteroatoms. The topological polar surface area (TPSA) is 47.4 Å². The molecule has 2 aromatic carbocycles. The number of aromatic nitrogens is 2. The van der Waals surface area contributed by atoms with Crippen LogP contribution in [0.5, 0.6) is 5.75 Å². The molecule has 0 unspecified atom stereocenters. The quantitative estimate of drug-likeness (QED) is 0.265. The molecule has 1 saturated carbocycles. The van der Waals surface area contributed by atoms with E-state index in [4.69, 9.17) is 22.1 Å². The number of amides is 1. The highest BCUT2D eigenvalue weighted by Gasteiger charge is 2.38. The second-order valence-corrected chi connectivity index (χ2v) is 11.1. The van der Waals surface area contributed by atoms with Crippen LogP contribution in [0.25, 0.3) is 23.0 Å². The zero-order valence-corrected chi connectivity index (χ0v) is 21.6. The van der Waals surface area contributed by atoms with Gasteiger partial charge in [0.15, 0.2) is 0 Å². The fourth-order valence-electron chi connectivity index (χ4n) is 4.50. The van der Waals surface area contributed by atoms with Crippen LogP contribution in [-0.4, -0.2) is 37.6 Å². The molecular formula is C28H29N3O2S2. The largest absolute Gasteiger partial charge is 0.493 e. The van der Waals surface area contributed by atoms with E-state index < -0.39 is 0 Å². The second kappa shape index (κ2) is 10.4. The summed E-state index contributed by atoms with van der Waals surface area (Å²) in [4.78, 5) is 15.8. The number of para-hydroxylation sites is 1. The molecule has 1 aromatic heterocycles. The van der Waals surface area contributed by atoms with E-state index in [1.165, 1.54) is 11.8 Å². The second-order valence-electron chi connectivity index (χ2n) is 9.43. The molecule has 35 heavy (non-hydrogen) atoms. The first-order valence-electron chi connectivity index (χ1n) is 12.1. The maximum Gasteiger partial charge on any atom is 0.266 e. The minimum atomic E-state index is 0.0164. The molecule has 0 spiro atoms. The highest BCUT2D eigenvalue weighted by molar-refractivity contribution is 8.26. The van der Waals surface area contributed by atoms with Crippen LogP contribution < -0.4 is 4.74 Å². The summed E-state index contributed by atoms with van der Waals surface area (Å²) in [5.74, 6) is 1.32. The summed E-state index contributed by atoms with van der Waals surface area (Å²) in [5, 5.41) is 4.90. The number of thioether (sulfide) groups is 1. The Kier molecular flexibility index (Phi) is 7.07. The van der Waals surface area contributed by atoms with Crippen molar-refractivity contribution in [2.45, 2.75) is 45.6 Å². The Hall–Kier alpha value is -2.90. The highest BCUT2D eigenvalue weighted by Crippen LogP contribution is 2.39. The highest BCUT2D eigenvalue weighted by atomic mass is 32.2. The van der Waals surface area contributed by atoms with Crippen LogP contribution in [0.4, 0.5) is 0 Å². The zero-order chi connectivity index (χ0) is 24.4. The predicted molar refractivity (Wildman–Crippen MR) is 147 cm³/mol. The van der Waals surface area contributed by atoms with Crippen molar-refractivity contribution in [1.29, 1.82) is 0 Å². The number of carbonyl (C=O) groups is 1. The van der Waals surface area contributed by atoms with E-state index in [0.29, 0.717) is 21.8 Å². The van der Waals surface area contributed by atoms with E-state index in [2.05, 4.69) is 13.8 Å². The van der Waals surface area contributed by atoms with E-state index in [9.17, 15) is 4.79 Å². The van der Waals surface area contributed by atoms with Gasteiger partial charge < -0.3 is 4.74 Å². The Morgan fingerprint density at radius 1 is 1.11 bits per heavy atom. The van der Waals surface area contributed by atoms with Crippen LogP contribution in [0.1, 0.15) is 45.1 Å². The lowest BCUT2D eigenvalue weighted by Gasteiger charge is -2.21. The molecule has 0 atom stereocenters. The standard InChI is InChI=1S/C28H29N3O2S2/c1-19(2)18-33-24-14-12-20(13-15-24)26-21(17-30(29-26)22-8-4-3-5-9-22)16-25-27(32)31(28(34)35-25)23-10-6-7-11-23/h3-5,8-9,12-17,19,23H,6-7,10-11,18H2,1-2H3. The minimum absolute atomic E-state index is 0.0164. The molecule has 0 radical (unpaired) electrons. The number of carbonyl (C=O) groups excluding carboxylic acids is 1. The molecule has 0 bridgehead atoms. The van der Waals surface area contributed by atoms with E-state index >= 15 is 0 Å². The van der Waals surface area contributed by atoms with Crippen molar-refractivity contribution < 1.29 is 9.53 Å². The van der Waals surface area contributed by atoms with Gasteiger partial charge in [0.05, 0.1) is 22.9 Å². The Morgan fingerprint density at radius 2 is 1.83 bits per heavy atom. The van der Waals surface area contributed by atoms with Crippen LogP contribution in [-0.2, 0) is 4.79 Å². The molecule has 1 amide bonds. The third-order valence-corrected chi connectivity index (χ3v) is 7.60. The Labute approximate surface area is 216 Å². The van der Waals surface area contributed by atoms with Gasteiger partial charge in [0, 0.05) is 23.4 Å². The summed E-state index contributed by atoms with van der Waals surface area (Å²) < 4.78 is 8.38. The van der Waals surface area contributed by atoms with Crippen molar-refractivity contribution in [3.63, 3.8) is 0 Å². The van der Waals surface area contributed by atoms with Gasteiger partial charge in [-0.2, -0.15) is 5.10 Å². The molecule has 2 heterocycles. The Morgan fingerprint density at radius 3 is 2.51 bits per heavy atom. The maximum absolute atomic E-state index is 13.3. The van der Waals surface area contributed by atoms with Gasteiger partial charge >= 0.3 is 0 Å². The number of benzene rings is 2. The molecule has 1 aliphatic carbocycles. The summed E-state index contributed by atoms with van der Waals surface area (Å²) in [7, 11) is 0. The molecule has 0 N–H and O–H groups in total. The lowest BCUT2D eigenvalue weighted by Crippen LogP contribution is -2.36. The fourth-order valence-corrected chi connectivity index (χ4v) is 5.89. The summed E-state index contributed by atoms with van der Waals surface area (Å²) in [6, 6.07) is 18.2. The molecule has 3 aromatic rings. The van der Waals surface area contributed by atoms with Gasteiger partial charge in [-0.1, -0.05) is 68.9 Å². The predicted octanol–water partition coefficient (Wildman–Crippen LogP) is 6.72. The lowest BCUT2D eigenvalue weighted by molar-refractivity contribution is -0.123. The van der Waals surface area contributed by atoms with Crippen molar-refractivity contribution >= 4 is 40.3 Å². The summed E-state index contributed by atoms with van der Waals surface area (Å²) in [6.07, 6.45) is 8.30. The van der Waals surface area contributed by atoms with Gasteiger partial charge in [-0.25, -0.2) is 4.68 Å². The normalized spacial score (nSPS) is 17.8. The number of hydrogen-bond acceptors (Lipinski definition) is 5. The number of rotatable bonds is 7. The molecular weight excluding hydrogens is 474 g/mol. The van der Waals surface area contributed by atoms with Gasteiger partial charge in [0.1, 0.15) is 10.1 Å². The number of thiocarbonyl (C=S) groups is 1. The monoisotopic (exact) mass is 503 g/mol. The van der Waals surface area contributed by atoms with Crippen LogP contribution in [0.15, 0.2) is 65.7 Å². The summed E-state index contributed by atoms with van der Waals surface area (Å²) in [6.45, 7) is 4.94. The fraction of sp³-hybridized carbons (Fsp3) is 0.321. The third-order valence-electron chi connectivity index (χ3n) is 6.27. The molecule has 180 valence electrons. The summed E-state index contributed by atoms with van der Waals surface area (Å²) >= 11 is 7.00. The van der Waals surface area contributed by atoms with Crippen LogP contribution in [0.3, 0.4) is 0 Å². The van der Waals surface area contributed by atoms with Gasteiger partial charge in [0.25, 0.3) is 5.91 Å². The van der Waals surface area contributed by atoms with Crippen molar-refractivity contribution in [2.75, 3.05) is 6.61 Å². The molecule has 1 aliphatic heterocycles. The smallest absolute Gasteiger partial charge is 0.266 e. The number of hydrogen-bond donors (Lipinski definition) is 0. The molecule has 2 fully saturated rings. The van der Waals surface area contributed by atoms with Crippen LogP contribution >= 0.6 is 24.0 Å². The van der Waals surface area contributed by atoms with E-state index in [1.54, 1.807) is 0 Å². The molecule has 5 rings (SSSR count). The zero-order valence-electron chi connectivity index (χ0n) is 20.0. The summed E-state index contributed by atoms with van der Waals surface area (Å²) in [5.41, 5.74) is 3.63. The van der Waals surface area contributed by atoms with Crippen LogP contribution in [0.2, 0.25) is 0 Å². The SMILES string of the molecule is CC(C)COc1ccc(-c2nn(-c3ccccc3)cc2C=C2SC(=S)N(C3CCCC3)C2=O)cc1. The van der Waals surface area contributed by atoms with Crippen molar-refractivity contribution in [3.8, 4) is 22.7 Å². The average Bonchev–Trinajstić information content (AvgIpc) is 3.59. The number of nitrogens with zero attached hydrogens (tertiary/aromatic N) is 3. The maximum atomic E-state index is 13.3. The van der Waals surface area contributed by atoms with Gasteiger partial charge in [-0.3, -0.25) is 9.69 Å². The van der Waals surface area contributed by atoms with Crippen LogP contribution in [0, 0.1) is 5.92 Å². The number of ether oxygens (including phenoxy) is 1. The minimum Gasteiger partial charge on any atom is -0.493 e. The first-order chi connectivity index (χ1) is 17.0. The first kappa shape index (κ1) is 23.8. The van der Waals surface area contributed by atoms with Gasteiger partial charge in [0.2, 0.25) is 0 Å². The first-order valence-corrected chi connectivity index (χ1v) is 13.4. The van der Waals surface area contributed by atoms with E-state index in [0.717, 1.165) is 53.9 Å². The van der Waals surface area contributed by atoms with E-state index in [-0.39, 0.29) is 11.9 Å². The average molecular weight is 504 g/mol. The Bertz CT molecular complexity index is 1240. The lowest BCUT2D eigenvalue weighted by atomic mass is 10.1. The van der Waals surface area contributed by atoms with Gasteiger partial charge in [-0.05, 0) is 61.2 Å². The Balaban J connectivity index is 1.50. The molecule has 5 nitrogen and oxygen atoms in total. The molecule has 2 aliphatic rings. The van der Waals surface area contributed by atoms with E-state index in [1.807, 2.05) is 76.5 Å². The van der Waals surface area contributed by atoms with Crippen molar-refractivity contribution in [3.05, 3.63) is 71.3 Å². The molecule has 1 saturated heterocycles. The third kappa shape index (κ3) is 5.21.